The minimum absolute atomic E-state index is 0.131. The van der Waals surface area contributed by atoms with Crippen molar-refractivity contribution in [3.63, 3.8) is 0 Å². The van der Waals surface area contributed by atoms with E-state index in [-0.39, 0.29) is 31.1 Å². The molecule has 0 unspecified atom stereocenters. The minimum atomic E-state index is -0.750. The molecule has 1 aromatic carbocycles. The van der Waals surface area contributed by atoms with Crippen LogP contribution >= 0.6 is 22.7 Å². The summed E-state index contributed by atoms with van der Waals surface area (Å²) in [7, 11) is 0. The Kier molecular flexibility index (Phi) is 6.64. The molecule has 172 valence electrons. The number of carbonyl (C=O) groups excluding carboxylic acids is 2. The first-order chi connectivity index (χ1) is 16.2. The second kappa shape index (κ2) is 9.97. The highest BCUT2D eigenvalue weighted by Crippen LogP contribution is 2.39. The molecule has 1 fully saturated rings. The van der Waals surface area contributed by atoms with E-state index < -0.39 is 6.04 Å². The summed E-state index contributed by atoms with van der Waals surface area (Å²) in [5.41, 5.74) is 0.623. The molecule has 1 saturated carbocycles. The first-order valence-electron chi connectivity index (χ1n) is 11.3. The number of fused-ring (bicyclic) bond motifs is 1. The molecule has 0 spiro atoms. The molecule has 1 N–H and O–H groups in total. The number of nitrogens with zero attached hydrogens (tertiary/aromatic N) is 1. The lowest BCUT2D eigenvalue weighted by molar-refractivity contribution is -0.127. The van der Waals surface area contributed by atoms with Gasteiger partial charge in [-0.3, -0.25) is 14.5 Å². The number of thiophene rings is 2. The van der Waals surface area contributed by atoms with Crippen LogP contribution in [0.15, 0.2) is 53.2 Å². The molecule has 3 heterocycles. The first-order valence-corrected chi connectivity index (χ1v) is 13.0. The van der Waals surface area contributed by atoms with Crippen molar-refractivity contribution < 1.29 is 19.1 Å². The third-order valence-electron chi connectivity index (χ3n) is 6.08. The molecule has 2 amide bonds. The molecule has 5 rings (SSSR count). The van der Waals surface area contributed by atoms with Gasteiger partial charge >= 0.3 is 0 Å². The summed E-state index contributed by atoms with van der Waals surface area (Å²) in [6.07, 6.45) is 5.65. The Bertz CT molecular complexity index is 1090. The average Bonchev–Trinajstić information content (AvgIpc) is 3.60. The standard InChI is InChI=1S/C25H26N2O4S2/c28-23(15-19-8-4-12-32-19)27(18-10-11-20-21(14-18)31-16-30-20)24(22-9-5-13-33-22)25(29)26-17-6-2-1-3-7-17/h4-5,8-14,17,24H,1-3,6-7,15-16H2,(H,26,29)/t24-/m0/s1. The summed E-state index contributed by atoms with van der Waals surface area (Å²) in [6.45, 7) is 0.151. The largest absolute Gasteiger partial charge is 0.454 e. The van der Waals surface area contributed by atoms with Crippen molar-refractivity contribution in [2.24, 2.45) is 0 Å². The molecule has 1 atom stereocenters. The van der Waals surface area contributed by atoms with Crippen molar-refractivity contribution in [3.8, 4) is 11.5 Å². The van der Waals surface area contributed by atoms with Gasteiger partial charge in [0.15, 0.2) is 11.5 Å². The quantitative estimate of drug-likeness (QED) is 0.496. The zero-order chi connectivity index (χ0) is 22.6. The van der Waals surface area contributed by atoms with E-state index in [9.17, 15) is 9.59 Å². The van der Waals surface area contributed by atoms with Gasteiger partial charge in [0.05, 0.1) is 6.42 Å². The Morgan fingerprint density at radius 3 is 2.55 bits per heavy atom. The van der Waals surface area contributed by atoms with Crippen LogP contribution in [-0.4, -0.2) is 24.6 Å². The number of carbonyl (C=O) groups is 2. The Balaban J connectivity index is 1.52. The lowest BCUT2D eigenvalue weighted by Crippen LogP contribution is -2.47. The highest BCUT2D eigenvalue weighted by molar-refractivity contribution is 7.10. The molecule has 1 aliphatic heterocycles. The predicted molar refractivity (Wildman–Crippen MR) is 130 cm³/mol. The maximum absolute atomic E-state index is 13.7. The summed E-state index contributed by atoms with van der Waals surface area (Å²) >= 11 is 3.03. The molecule has 0 radical (unpaired) electrons. The topological polar surface area (TPSA) is 67.9 Å². The van der Waals surface area contributed by atoms with Gasteiger partial charge in [0.2, 0.25) is 18.6 Å². The normalized spacial score (nSPS) is 16.4. The van der Waals surface area contributed by atoms with E-state index in [4.69, 9.17) is 9.47 Å². The van der Waals surface area contributed by atoms with E-state index >= 15 is 0 Å². The van der Waals surface area contributed by atoms with Crippen LogP contribution in [0.5, 0.6) is 11.5 Å². The van der Waals surface area contributed by atoms with Crippen molar-refractivity contribution in [1.29, 1.82) is 0 Å². The summed E-state index contributed by atoms with van der Waals surface area (Å²) in [5, 5.41) is 7.14. The second-order valence-electron chi connectivity index (χ2n) is 8.32. The third kappa shape index (κ3) is 4.91. The number of benzene rings is 1. The van der Waals surface area contributed by atoms with E-state index in [1.807, 2.05) is 41.1 Å². The van der Waals surface area contributed by atoms with Crippen LogP contribution in [0.2, 0.25) is 0 Å². The van der Waals surface area contributed by atoms with Gasteiger partial charge in [-0.25, -0.2) is 0 Å². The Labute approximate surface area is 201 Å². The van der Waals surface area contributed by atoms with Crippen LogP contribution in [0.4, 0.5) is 5.69 Å². The van der Waals surface area contributed by atoms with Crippen molar-refractivity contribution in [3.05, 3.63) is 63.0 Å². The fourth-order valence-corrected chi connectivity index (χ4v) is 5.98. The highest BCUT2D eigenvalue weighted by atomic mass is 32.1. The lowest BCUT2D eigenvalue weighted by Gasteiger charge is -2.32. The maximum Gasteiger partial charge on any atom is 0.248 e. The van der Waals surface area contributed by atoms with Crippen LogP contribution in [-0.2, 0) is 16.0 Å². The van der Waals surface area contributed by atoms with Crippen molar-refractivity contribution >= 4 is 40.2 Å². The number of amides is 2. The molecule has 3 aromatic rings. The molecule has 2 aromatic heterocycles. The summed E-state index contributed by atoms with van der Waals surface area (Å²) < 4.78 is 11.0. The van der Waals surface area contributed by atoms with E-state index in [2.05, 4.69) is 5.32 Å². The van der Waals surface area contributed by atoms with Gasteiger partial charge in [-0.05, 0) is 47.9 Å². The summed E-state index contributed by atoms with van der Waals surface area (Å²) in [4.78, 5) is 30.9. The molecule has 0 saturated heterocycles. The summed E-state index contributed by atoms with van der Waals surface area (Å²) in [6, 6.07) is 12.6. The number of hydrogen-bond acceptors (Lipinski definition) is 6. The molecular weight excluding hydrogens is 456 g/mol. The average molecular weight is 483 g/mol. The van der Waals surface area contributed by atoms with Gasteiger partial charge in [-0.1, -0.05) is 31.4 Å². The monoisotopic (exact) mass is 482 g/mol. The molecule has 6 nitrogen and oxygen atoms in total. The maximum atomic E-state index is 13.7. The van der Waals surface area contributed by atoms with E-state index in [1.54, 1.807) is 17.0 Å². The minimum Gasteiger partial charge on any atom is -0.454 e. The second-order valence-corrected chi connectivity index (χ2v) is 10.3. The SMILES string of the molecule is O=C(NC1CCCCC1)[C@H](c1cccs1)N(C(=O)Cc1cccs1)c1ccc2c(c1)OCO2. The molecule has 0 bridgehead atoms. The zero-order valence-electron chi connectivity index (χ0n) is 18.2. The van der Waals surface area contributed by atoms with Gasteiger partial charge in [0.25, 0.3) is 0 Å². The van der Waals surface area contributed by atoms with Crippen LogP contribution in [0, 0.1) is 0 Å². The van der Waals surface area contributed by atoms with Gasteiger partial charge < -0.3 is 14.8 Å². The number of ether oxygens (including phenoxy) is 2. The molecular formula is C25H26N2O4S2. The Hall–Kier alpha value is -2.84. The molecule has 2 aliphatic rings. The zero-order valence-corrected chi connectivity index (χ0v) is 19.8. The van der Waals surface area contributed by atoms with E-state index in [1.165, 1.54) is 29.1 Å². The first kappa shape index (κ1) is 22.0. The van der Waals surface area contributed by atoms with Crippen molar-refractivity contribution in [1.82, 2.24) is 5.32 Å². The van der Waals surface area contributed by atoms with E-state index in [0.717, 1.165) is 35.4 Å². The van der Waals surface area contributed by atoms with Crippen LogP contribution < -0.4 is 19.7 Å². The van der Waals surface area contributed by atoms with E-state index in [0.29, 0.717) is 17.2 Å². The van der Waals surface area contributed by atoms with Gasteiger partial charge in [0.1, 0.15) is 6.04 Å². The third-order valence-corrected chi connectivity index (χ3v) is 7.88. The van der Waals surface area contributed by atoms with Crippen LogP contribution in [0.1, 0.15) is 47.9 Å². The van der Waals surface area contributed by atoms with Crippen molar-refractivity contribution in [2.75, 3.05) is 11.7 Å². The molecule has 8 heteroatoms. The number of anilines is 1. The lowest BCUT2D eigenvalue weighted by atomic mass is 9.95. The fraction of sp³-hybridized carbons (Fsp3) is 0.360. The van der Waals surface area contributed by atoms with Crippen LogP contribution in [0.3, 0.4) is 0 Å². The number of rotatable bonds is 7. The highest BCUT2D eigenvalue weighted by Gasteiger charge is 2.35. The Morgan fingerprint density at radius 2 is 1.79 bits per heavy atom. The number of hydrogen-bond donors (Lipinski definition) is 1. The van der Waals surface area contributed by atoms with Gasteiger partial charge in [-0.2, -0.15) is 0 Å². The number of nitrogens with one attached hydrogen (secondary N) is 1. The van der Waals surface area contributed by atoms with Gasteiger partial charge in [-0.15, -0.1) is 22.7 Å². The van der Waals surface area contributed by atoms with Gasteiger partial charge in [0, 0.05) is 27.5 Å². The van der Waals surface area contributed by atoms with Crippen LogP contribution in [0.25, 0.3) is 0 Å². The smallest absolute Gasteiger partial charge is 0.248 e. The fourth-order valence-electron chi connectivity index (χ4n) is 4.47. The Morgan fingerprint density at radius 1 is 1.00 bits per heavy atom. The molecule has 1 aliphatic carbocycles. The van der Waals surface area contributed by atoms with Crippen molar-refractivity contribution in [2.45, 2.75) is 50.6 Å². The molecule has 33 heavy (non-hydrogen) atoms. The summed E-state index contributed by atoms with van der Waals surface area (Å²) in [5.74, 6) is 0.956. The predicted octanol–water partition coefficient (Wildman–Crippen LogP) is 5.30.